The van der Waals surface area contributed by atoms with Crippen LogP contribution in [-0.2, 0) is 0 Å². The lowest BCUT2D eigenvalue weighted by Gasteiger charge is -2.33. The number of carboxylic acids is 1. The van der Waals surface area contributed by atoms with E-state index in [-0.39, 0.29) is 11.5 Å². The second-order valence-electron chi connectivity index (χ2n) is 7.62. The van der Waals surface area contributed by atoms with Gasteiger partial charge in [-0.15, -0.1) is 0 Å². The molecule has 1 fully saturated rings. The highest BCUT2D eigenvalue weighted by Crippen LogP contribution is 2.27. The lowest BCUT2D eigenvalue weighted by Crippen LogP contribution is -2.44. The number of aryl methyl sites for hydroxylation is 1. The number of aromatic carboxylic acids is 1. The predicted molar refractivity (Wildman–Crippen MR) is 118 cm³/mol. The summed E-state index contributed by atoms with van der Waals surface area (Å²) in [6.07, 6.45) is 0. The van der Waals surface area contributed by atoms with Crippen molar-refractivity contribution in [2.45, 2.75) is 6.92 Å². The zero-order valence-corrected chi connectivity index (χ0v) is 17.1. The van der Waals surface area contributed by atoms with E-state index in [1.807, 2.05) is 25.1 Å². The number of carboxylic acid groups (broad SMARTS) is 1. The minimum Gasteiger partial charge on any atom is -0.478 e. The van der Waals surface area contributed by atoms with Crippen LogP contribution in [0.25, 0.3) is 10.9 Å². The number of likely N-dealkylation sites (N-methyl/N-ethyl adjacent to an activating group) is 1. The molecule has 1 aliphatic heterocycles. The van der Waals surface area contributed by atoms with E-state index in [2.05, 4.69) is 22.2 Å². The molecular weight excluding hydrogens is 380 g/mol. The number of amides is 1. The van der Waals surface area contributed by atoms with Crippen molar-refractivity contribution in [3.8, 4) is 0 Å². The van der Waals surface area contributed by atoms with Crippen LogP contribution in [0.1, 0.15) is 26.3 Å². The summed E-state index contributed by atoms with van der Waals surface area (Å²) in [5.41, 5.74) is 2.77. The van der Waals surface area contributed by atoms with Gasteiger partial charge in [0.1, 0.15) is 5.82 Å². The summed E-state index contributed by atoms with van der Waals surface area (Å²) < 4.78 is 0. The molecule has 0 radical (unpaired) electrons. The average molecular weight is 404 g/mol. The van der Waals surface area contributed by atoms with Crippen molar-refractivity contribution in [1.29, 1.82) is 0 Å². The molecule has 1 amide bonds. The monoisotopic (exact) mass is 404 g/mol. The highest BCUT2D eigenvalue weighted by Gasteiger charge is 2.20. The number of hydrogen-bond donors (Lipinski definition) is 2. The number of benzene rings is 2. The Bertz CT molecular complexity index is 1120. The van der Waals surface area contributed by atoms with Gasteiger partial charge in [0.25, 0.3) is 5.91 Å². The van der Waals surface area contributed by atoms with Gasteiger partial charge in [-0.1, -0.05) is 18.2 Å². The molecule has 3 aromatic rings. The molecule has 0 spiro atoms. The maximum atomic E-state index is 12.6. The van der Waals surface area contributed by atoms with E-state index in [0.717, 1.165) is 31.7 Å². The van der Waals surface area contributed by atoms with Gasteiger partial charge in [-0.2, -0.15) is 0 Å². The number of nitrogens with one attached hydrogen (secondary N) is 1. The number of pyridine rings is 1. The molecule has 0 bridgehead atoms. The summed E-state index contributed by atoms with van der Waals surface area (Å²) in [7, 11) is 2.07. The van der Waals surface area contributed by atoms with Gasteiger partial charge in [0.15, 0.2) is 0 Å². The molecular formula is C23H24N4O3. The first-order chi connectivity index (χ1) is 14.4. The van der Waals surface area contributed by atoms with Crippen molar-refractivity contribution in [3.63, 3.8) is 0 Å². The number of fused-ring (bicyclic) bond motifs is 1. The largest absolute Gasteiger partial charge is 0.478 e. The van der Waals surface area contributed by atoms with Crippen LogP contribution in [0, 0.1) is 6.92 Å². The SMILES string of the molecule is Cc1ccccc1C(=O)Nc1ccc2nc(N3CCN(C)CC3)cc(C(=O)O)c2c1. The Labute approximate surface area is 174 Å². The molecule has 7 nitrogen and oxygen atoms in total. The summed E-state index contributed by atoms with van der Waals surface area (Å²) in [6.45, 7) is 5.30. The fourth-order valence-electron chi connectivity index (χ4n) is 3.69. The molecule has 154 valence electrons. The van der Waals surface area contributed by atoms with Crippen LogP contribution < -0.4 is 10.2 Å². The van der Waals surface area contributed by atoms with Crippen molar-refractivity contribution < 1.29 is 14.7 Å². The standard InChI is InChI=1S/C23H24N4O3/c1-15-5-3-4-6-17(15)22(28)24-16-7-8-20-18(13-16)19(23(29)30)14-21(25-20)27-11-9-26(2)10-12-27/h3-8,13-14H,9-12H2,1-2H3,(H,24,28)(H,29,30). The molecule has 4 rings (SSSR count). The first-order valence-electron chi connectivity index (χ1n) is 9.91. The smallest absolute Gasteiger partial charge is 0.336 e. The van der Waals surface area contributed by atoms with Crippen LogP contribution in [-0.4, -0.2) is 60.1 Å². The Morgan fingerprint density at radius 1 is 1.00 bits per heavy atom. The van der Waals surface area contributed by atoms with Crippen LogP contribution in [0.4, 0.5) is 11.5 Å². The minimum atomic E-state index is -1.01. The summed E-state index contributed by atoms with van der Waals surface area (Å²) >= 11 is 0. The lowest BCUT2D eigenvalue weighted by molar-refractivity contribution is 0.0698. The van der Waals surface area contributed by atoms with Gasteiger partial charge >= 0.3 is 5.97 Å². The second-order valence-corrected chi connectivity index (χ2v) is 7.62. The number of aromatic nitrogens is 1. The van der Waals surface area contributed by atoms with E-state index in [4.69, 9.17) is 4.98 Å². The Morgan fingerprint density at radius 3 is 2.43 bits per heavy atom. The van der Waals surface area contributed by atoms with Gasteiger partial charge in [0.05, 0.1) is 11.1 Å². The summed E-state index contributed by atoms with van der Waals surface area (Å²) in [5, 5.41) is 13.2. The molecule has 2 aromatic carbocycles. The van der Waals surface area contributed by atoms with Crippen LogP contribution >= 0.6 is 0 Å². The van der Waals surface area contributed by atoms with Crippen molar-refractivity contribution in [2.75, 3.05) is 43.4 Å². The van der Waals surface area contributed by atoms with Crippen LogP contribution in [0.5, 0.6) is 0 Å². The lowest BCUT2D eigenvalue weighted by atomic mass is 10.1. The molecule has 0 unspecified atom stereocenters. The van der Waals surface area contributed by atoms with Gasteiger partial charge in [-0.05, 0) is 49.9 Å². The fourth-order valence-corrected chi connectivity index (χ4v) is 3.69. The van der Waals surface area contributed by atoms with Crippen LogP contribution in [0.15, 0.2) is 48.5 Å². The Hall–Kier alpha value is -3.45. The summed E-state index contributed by atoms with van der Waals surface area (Å²) in [4.78, 5) is 33.6. The predicted octanol–water partition coefficient (Wildman–Crippen LogP) is 3.25. The maximum absolute atomic E-state index is 12.6. The van der Waals surface area contributed by atoms with Gasteiger partial charge < -0.3 is 20.2 Å². The number of piperazine rings is 1. The highest BCUT2D eigenvalue weighted by atomic mass is 16.4. The third kappa shape index (κ3) is 3.97. The quantitative estimate of drug-likeness (QED) is 0.694. The van der Waals surface area contributed by atoms with Gasteiger partial charge in [0.2, 0.25) is 0 Å². The summed E-state index contributed by atoms with van der Waals surface area (Å²) in [6, 6.07) is 14.2. The van der Waals surface area contributed by atoms with E-state index in [1.54, 1.807) is 30.3 Å². The zero-order valence-electron chi connectivity index (χ0n) is 17.1. The molecule has 0 saturated carbocycles. The maximum Gasteiger partial charge on any atom is 0.336 e. The van der Waals surface area contributed by atoms with E-state index in [1.165, 1.54) is 0 Å². The fraction of sp³-hybridized carbons (Fsp3) is 0.261. The highest BCUT2D eigenvalue weighted by molar-refractivity contribution is 6.08. The first-order valence-corrected chi connectivity index (χ1v) is 9.91. The Balaban J connectivity index is 1.67. The molecule has 1 aromatic heterocycles. The number of carbonyl (C=O) groups is 2. The molecule has 0 atom stereocenters. The average Bonchev–Trinajstić information content (AvgIpc) is 2.73. The zero-order chi connectivity index (χ0) is 21.3. The van der Waals surface area contributed by atoms with Gasteiger partial charge in [-0.25, -0.2) is 9.78 Å². The first kappa shape index (κ1) is 19.8. The third-order valence-corrected chi connectivity index (χ3v) is 5.50. The minimum absolute atomic E-state index is 0.181. The molecule has 2 N–H and O–H groups in total. The normalized spacial score (nSPS) is 14.7. The van der Waals surface area contributed by atoms with Gasteiger partial charge in [-0.3, -0.25) is 4.79 Å². The van der Waals surface area contributed by atoms with Gasteiger partial charge in [0, 0.05) is 42.8 Å². The Kier molecular flexibility index (Phi) is 5.37. The number of anilines is 2. The Morgan fingerprint density at radius 2 is 1.73 bits per heavy atom. The van der Waals surface area contributed by atoms with Crippen molar-refractivity contribution in [2.24, 2.45) is 0 Å². The molecule has 7 heteroatoms. The molecule has 0 aliphatic carbocycles. The topological polar surface area (TPSA) is 85.8 Å². The second kappa shape index (κ2) is 8.12. The van der Waals surface area contributed by atoms with E-state index in [0.29, 0.717) is 28.0 Å². The van der Waals surface area contributed by atoms with Crippen molar-refractivity contribution in [1.82, 2.24) is 9.88 Å². The molecule has 1 aliphatic rings. The molecule has 30 heavy (non-hydrogen) atoms. The molecule has 2 heterocycles. The van der Waals surface area contributed by atoms with Crippen LogP contribution in [0.2, 0.25) is 0 Å². The number of rotatable bonds is 4. The van der Waals surface area contributed by atoms with E-state index >= 15 is 0 Å². The van der Waals surface area contributed by atoms with Crippen molar-refractivity contribution >= 4 is 34.3 Å². The summed E-state index contributed by atoms with van der Waals surface area (Å²) in [5.74, 6) is -0.573. The number of nitrogens with zero attached hydrogens (tertiary/aromatic N) is 3. The van der Waals surface area contributed by atoms with Crippen molar-refractivity contribution in [3.05, 3.63) is 65.2 Å². The van der Waals surface area contributed by atoms with Crippen LogP contribution in [0.3, 0.4) is 0 Å². The molecule has 1 saturated heterocycles. The third-order valence-electron chi connectivity index (χ3n) is 5.50. The van der Waals surface area contributed by atoms with E-state index in [9.17, 15) is 14.7 Å². The number of hydrogen-bond acceptors (Lipinski definition) is 5. The number of carbonyl (C=O) groups excluding carboxylic acids is 1. The van der Waals surface area contributed by atoms with E-state index < -0.39 is 5.97 Å².